The van der Waals surface area contributed by atoms with Crippen LogP contribution < -0.4 is 15.4 Å². The molecule has 0 heterocycles. The van der Waals surface area contributed by atoms with Crippen molar-refractivity contribution in [3.05, 3.63) is 69.8 Å². The van der Waals surface area contributed by atoms with Crippen molar-refractivity contribution in [3.63, 3.8) is 0 Å². The van der Waals surface area contributed by atoms with Crippen molar-refractivity contribution in [2.45, 2.75) is 12.8 Å². The molecule has 0 fully saturated rings. The smallest absolute Gasteiger partial charge is 0.303 e. The van der Waals surface area contributed by atoms with Gasteiger partial charge >= 0.3 is 5.97 Å². The number of rotatable bonds is 9. The van der Waals surface area contributed by atoms with Gasteiger partial charge in [-0.2, -0.15) is 0 Å². The van der Waals surface area contributed by atoms with E-state index in [0.717, 1.165) is 4.47 Å². The zero-order chi connectivity index (χ0) is 21.2. The monoisotopic (exact) mass is 460 g/mol. The van der Waals surface area contributed by atoms with E-state index in [2.05, 4.69) is 26.6 Å². The third kappa shape index (κ3) is 7.42. The fraction of sp³-hybridized carbons (Fsp3) is 0.190. The first kappa shape index (κ1) is 22.2. The SMILES string of the molecule is COc1ccc(C=C(NC(=O)c2ccc(Br)cc2)C(=O)NCCCC(=O)O)cc1. The molecule has 152 valence electrons. The zero-order valence-corrected chi connectivity index (χ0v) is 17.4. The molecule has 0 saturated heterocycles. The summed E-state index contributed by atoms with van der Waals surface area (Å²) in [6.45, 7) is 0.180. The minimum Gasteiger partial charge on any atom is -0.497 e. The molecule has 2 amide bonds. The fourth-order valence-electron chi connectivity index (χ4n) is 2.36. The average Bonchev–Trinajstić information content (AvgIpc) is 2.71. The minimum absolute atomic E-state index is 0.0525. The predicted octanol–water partition coefficient (Wildman–Crippen LogP) is 3.21. The number of methoxy groups -OCH3 is 1. The highest BCUT2D eigenvalue weighted by molar-refractivity contribution is 9.10. The van der Waals surface area contributed by atoms with E-state index in [9.17, 15) is 14.4 Å². The van der Waals surface area contributed by atoms with Crippen molar-refractivity contribution >= 4 is 39.8 Å². The van der Waals surface area contributed by atoms with Gasteiger partial charge in [0.1, 0.15) is 11.4 Å². The van der Waals surface area contributed by atoms with Gasteiger partial charge in [-0.1, -0.05) is 28.1 Å². The Morgan fingerprint density at radius 1 is 1.07 bits per heavy atom. The maximum atomic E-state index is 12.6. The Morgan fingerprint density at radius 3 is 2.31 bits per heavy atom. The van der Waals surface area contributed by atoms with E-state index in [4.69, 9.17) is 9.84 Å². The number of ether oxygens (including phenoxy) is 1. The Balaban J connectivity index is 2.17. The van der Waals surface area contributed by atoms with Gasteiger partial charge in [0.25, 0.3) is 11.8 Å². The highest BCUT2D eigenvalue weighted by Crippen LogP contribution is 2.15. The number of nitrogens with one attached hydrogen (secondary N) is 2. The van der Waals surface area contributed by atoms with Crippen LogP contribution in [0.2, 0.25) is 0 Å². The first-order valence-corrected chi connectivity index (χ1v) is 9.61. The summed E-state index contributed by atoms with van der Waals surface area (Å²) in [6, 6.07) is 13.7. The van der Waals surface area contributed by atoms with E-state index in [1.165, 1.54) is 0 Å². The largest absolute Gasteiger partial charge is 0.497 e. The molecule has 0 aliphatic heterocycles. The molecular formula is C21H21BrN2O5. The highest BCUT2D eigenvalue weighted by Gasteiger charge is 2.14. The van der Waals surface area contributed by atoms with Gasteiger partial charge in [0.2, 0.25) is 0 Å². The molecule has 0 spiro atoms. The quantitative estimate of drug-likeness (QED) is 0.393. The lowest BCUT2D eigenvalue weighted by Gasteiger charge is -2.11. The van der Waals surface area contributed by atoms with Crippen LogP contribution in [0.3, 0.4) is 0 Å². The second kappa shape index (κ2) is 11.0. The molecule has 0 aliphatic rings. The van der Waals surface area contributed by atoms with Crippen molar-refractivity contribution < 1.29 is 24.2 Å². The predicted molar refractivity (Wildman–Crippen MR) is 112 cm³/mol. The lowest BCUT2D eigenvalue weighted by atomic mass is 10.1. The highest BCUT2D eigenvalue weighted by atomic mass is 79.9. The van der Waals surface area contributed by atoms with Crippen LogP contribution in [0.4, 0.5) is 0 Å². The summed E-state index contributed by atoms with van der Waals surface area (Å²) < 4.78 is 5.95. The number of carboxylic acid groups (broad SMARTS) is 1. The molecule has 2 rings (SSSR count). The lowest BCUT2D eigenvalue weighted by Crippen LogP contribution is -2.35. The van der Waals surface area contributed by atoms with Crippen molar-refractivity contribution in [2.24, 2.45) is 0 Å². The average molecular weight is 461 g/mol. The molecule has 2 aromatic carbocycles. The zero-order valence-electron chi connectivity index (χ0n) is 15.8. The van der Waals surface area contributed by atoms with Gasteiger partial charge in [0.05, 0.1) is 7.11 Å². The Morgan fingerprint density at radius 2 is 1.72 bits per heavy atom. The van der Waals surface area contributed by atoms with Gasteiger partial charge in [-0.15, -0.1) is 0 Å². The Kier molecular flexibility index (Phi) is 8.42. The molecule has 0 aliphatic carbocycles. The van der Waals surface area contributed by atoms with Gasteiger partial charge in [-0.3, -0.25) is 14.4 Å². The molecule has 3 N–H and O–H groups in total. The number of benzene rings is 2. The van der Waals surface area contributed by atoms with Gasteiger partial charge in [-0.05, 0) is 54.5 Å². The lowest BCUT2D eigenvalue weighted by molar-refractivity contribution is -0.137. The normalized spacial score (nSPS) is 10.9. The molecule has 0 radical (unpaired) electrons. The molecule has 0 saturated carbocycles. The molecular weight excluding hydrogens is 440 g/mol. The second-order valence-electron chi connectivity index (χ2n) is 6.05. The van der Waals surface area contributed by atoms with Crippen LogP contribution in [0.1, 0.15) is 28.8 Å². The fourth-order valence-corrected chi connectivity index (χ4v) is 2.62. The summed E-state index contributed by atoms with van der Waals surface area (Å²) in [5, 5.41) is 14.0. The number of hydrogen-bond donors (Lipinski definition) is 3. The number of aliphatic carboxylic acids is 1. The maximum Gasteiger partial charge on any atom is 0.303 e. The van der Waals surface area contributed by atoms with Crippen LogP contribution in [0.25, 0.3) is 6.08 Å². The van der Waals surface area contributed by atoms with E-state index >= 15 is 0 Å². The molecule has 29 heavy (non-hydrogen) atoms. The van der Waals surface area contributed by atoms with E-state index < -0.39 is 17.8 Å². The van der Waals surface area contributed by atoms with Gasteiger partial charge in [0.15, 0.2) is 0 Å². The summed E-state index contributed by atoms with van der Waals surface area (Å²) in [7, 11) is 1.55. The van der Waals surface area contributed by atoms with E-state index in [-0.39, 0.29) is 25.1 Å². The number of halogens is 1. The van der Waals surface area contributed by atoms with Gasteiger partial charge in [0, 0.05) is 23.0 Å². The standard InChI is InChI=1S/C21H21BrN2O5/c1-29-17-10-4-14(5-11-17)13-18(21(28)23-12-2-3-19(25)26)24-20(27)15-6-8-16(22)9-7-15/h4-11,13H,2-3,12H2,1H3,(H,23,28)(H,24,27)(H,25,26). The van der Waals surface area contributed by atoms with Crippen molar-refractivity contribution in [3.8, 4) is 5.75 Å². The molecule has 7 nitrogen and oxygen atoms in total. The first-order chi connectivity index (χ1) is 13.9. The Hall–Kier alpha value is -3.13. The van der Waals surface area contributed by atoms with Gasteiger partial charge in [-0.25, -0.2) is 0 Å². The molecule has 0 bridgehead atoms. The van der Waals surface area contributed by atoms with Crippen molar-refractivity contribution in [2.75, 3.05) is 13.7 Å². The Bertz CT molecular complexity index is 892. The number of carbonyl (C=O) groups is 3. The van der Waals surface area contributed by atoms with Crippen LogP contribution in [0, 0.1) is 0 Å². The maximum absolute atomic E-state index is 12.6. The van der Waals surface area contributed by atoms with Crippen LogP contribution in [-0.4, -0.2) is 36.5 Å². The van der Waals surface area contributed by atoms with Crippen LogP contribution in [0.15, 0.2) is 58.7 Å². The van der Waals surface area contributed by atoms with Crippen LogP contribution in [-0.2, 0) is 9.59 Å². The number of carbonyl (C=O) groups excluding carboxylic acids is 2. The molecule has 0 aromatic heterocycles. The first-order valence-electron chi connectivity index (χ1n) is 8.81. The molecule has 0 atom stereocenters. The minimum atomic E-state index is -0.934. The van der Waals surface area contributed by atoms with Crippen LogP contribution >= 0.6 is 15.9 Å². The van der Waals surface area contributed by atoms with Gasteiger partial charge < -0.3 is 20.5 Å². The third-order valence-electron chi connectivity index (χ3n) is 3.88. The number of hydrogen-bond acceptors (Lipinski definition) is 4. The summed E-state index contributed by atoms with van der Waals surface area (Å²) in [4.78, 5) is 35.7. The third-order valence-corrected chi connectivity index (χ3v) is 4.41. The summed E-state index contributed by atoms with van der Waals surface area (Å²) >= 11 is 3.31. The number of carboxylic acids is 1. The van der Waals surface area contributed by atoms with E-state index in [1.54, 1.807) is 61.7 Å². The molecule has 8 heteroatoms. The summed E-state index contributed by atoms with van der Waals surface area (Å²) in [5.41, 5.74) is 1.14. The second-order valence-corrected chi connectivity index (χ2v) is 6.96. The Labute approximate surface area is 176 Å². The van der Waals surface area contributed by atoms with Crippen molar-refractivity contribution in [1.82, 2.24) is 10.6 Å². The molecule has 0 unspecified atom stereocenters. The van der Waals surface area contributed by atoms with Crippen molar-refractivity contribution in [1.29, 1.82) is 0 Å². The summed E-state index contributed by atoms with van der Waals surface area (Å²) in [5.74, 6) is -1.20. The molecule has 2 aromatic rings. The number of amides is 2. The summed E-state index contributed by atoms with van der Waals surface area (Å²) in [6.07, 6.45) is 1.78. The topological polar surface area (TPSA) is 105 Å². The van der Waals surface area contributed by atoms with E-state index in [1.807, 2.05) is 0 Å². The van der Waals surface area contributed by atoms with Crippen LogP contribution in [0.5, 0.6) is 5.75 Å². The van der Waals surface area contributed by atoms with E-state index in [0.29, 0.717) is 16.9 Å².